The molecule has 1 aliphatic rings. The van der Waals surface area contributed by atoms with E-state index in [1.54, 1.807) is 54.4 Å². The summed E-state index contributed by atoms with van der Waals surface area (Å²) in [7, 11) is 0. The number of aryl methyl sites for hydroxylation is 1. The van der Waals surface area contributed by atoms with E-state index < -0.39 is 23.4 Å². The van der Waals surface area contributed by atoms with Crippen LogP contribution in [0.1, 0.15) is 43.1 Å². The van der Waals surface area contributed by atoms with Gasteiger partial charge >= 0.3 is 11.7 Å². The standard InChI is InChI=1S/C19H27N5O5S2/c1-5-28-18(26)12-9-23(22-21-12)10-13-14(30-6-2)15(31-7-3)17(29-13)24-8-11(4)16(25)20-19(24)27/h8-9,13-15,17H,5-7,10H2,1-4H3,(H,20,25,27)/t13-,14-,15-,17-/m1/s1. The smallest absolute Gasteiger partial charge is 0.360 e. The van der Waals surface area contributed by atoms with Gasteiger partial charge in [0.2, 0.25) is 0 Å². The molecule has 3 rings (SSSR count). The Morgan fingerprint density at radius 3 is 2.58 bits per heavy atom. The molecule has 170 valence electrons. The van der Waals surface area contributed by atoms with E-state index in [-0.39, 0.29) is 28.9 Å². The summed E-state index contributed by atoms with van der Waals surface area (Å²) >= 11 is 3.48. The normalized spacial score (nSPS) is 23.2. The summed E-state index contributed by atoms with van der Waals surface area (Å²) < 4.78 is 14.4. The van der Waals surface area contributed by atoms with Crippen LogP contribution in [0.3, 0.4) is 0 Å². The van der Waals surface area contributed by atoms with E-state index in [0.29, 0.717) is 12.1 Å². The van der Waals surface area contributed by atoms with Gasteiger partial charge < -0.3 is 9.47 Å². The van der Waals surface area contributed by atoms with Gasteiger partial charge in [0, 0.05) is 17.0 Å². The lowest BCUT2D eigenvalue weighted by Crippen LogP contribution is -2.37. The van der Waals surface area contributed by atoms with Crippen molar-refractivity contribution in [2.24, 2.45) is 0 Å². The van der Waals surface area contributed by atoms with Crippen LogP contribution in [0, 0.1) is 6.92 Å². The molecule has 0 saturated carbocycles. The number of aromatic amines is 1. The molecule has 0 bridgehead atoms. The molecule has 10 nitrogen and oxygen atoms in total. The highest BCUT2D eigenvalue weighted by Gasteiger charge is 2.46. The van der Waals surface area contributed by atoms with E-state index in [9.17, 15) is 14.4 Å². The van der Waals surface area contributed by atoms with Crippen LogP contribution in [0.5, 0.6) is 0 Å². The number of carbonyl (C=O) groups is 1. The van der Waals surface area contributed by atoms with Gasteiger partial charge in [-0.25, -0.2) is 14.3 Å². The Kier molecular flexibility index (Phi) is 8.00. The molecular formula is C19H27N5O5S2. The third-order valence-corrected chi connectivity index (χ3v) is 7.55. The number of aromatic nitrogens is 5. The van der Waals surface area contributed by atoms with Crippen LogP contribution in [0.2, 0.25) is 0 Å². The Morgan fingerprint density at radius 1 is 1.19 bits per heavy atom. The van der Waals surface area contributed by atoms with Gasteiger partial charge in [-0.2, -0.15) is 23.5 Å². The Bertz CT molecular complexity index is 1020. The minimum Gasteiger partial charge on any atom is -0.461 e. The molecule has 1 aliphatic heterocycles. The Morgan fingerprint density at radius 2 is 1.90 bits per heavy atom. The Hall–Kier alpha value is -2.05. The van der Waals surface area contributed by atoms with Gasteiger partial charge in [-0.15, -0.1) is 5.10 Å². The molecule has 0 aliphatic carbocycles. The zero-order chi connectivity index (χ0) is 22.5. The maximum Gasteiger partial charge on any atom is 0.360 e. The fourth-order valence-electron chi connectivity index (χ4n) is 3.49. The highest BCUT2D eigenvalue weighted by atomic mass is 32.2. The lowest BCUT2D eigenvalue weighted by atomic mass is 10.2. The van der Waals surface area contributed by atoms with Crippen molar-refractivity contribution in [1.29, 1.82) is 0 Å². The Balaban J connectivity index is 1.90. The second kappa shape index (κ2) is 10.5. The molecule has 2 aromatic heterocycles. The van der Waals surface area contributed by atoms with Crippen molar-refractivity contribution < 1.29 is 14.3 Å². The van der Waals surface area contributed by atoms with Crippen molar-refractivity contribution >= 4 is 29.5 Å². The number of hydrogen-bond acceptors (Lipinski definition) is 9. The molecule has 3 heterocycles. The van der Waals surface area contributed by atoms with Gasteiger partial charge in [-0.1, -0.05) is 19.1 Å². The SMILES string of the molecule is CCOC(=O)c1cn(C[C@H]2O[C@@H](n3cc(C)c(=O)[nH]c3=O)[C@H](SCC)[C@@H]2SCC)nn1. The largest absolute Gasteiger partial charge is 0.461 e. The van der Waals surface area contributed by atoms with Crippen LogP contribution >= 0.6 is 23.5 Å². The quantitative estimate of drug-likeness (QED) is 0.544. The number of esters is 1. The van der Waals surface area contributed by atoms with Crippen molar-refractivity contribution in [3.8, 4) is 0 Å². The van der Waals surface area contributed by atoms with Crippen LogP contribution in [0.25, 0.3) is 0 Å². The molecule has 1 fully saturated rings. The third-order valence-electron chi connectivity index (χ3n) is 4.81. The molecule has 12 heteroatoms. The van der Waals surface area contributed by atoms with E-state index in [1.807, 2.05) is 0 Å². The molecule has 0 amide bonds. The lowest BCUT2D eigenvalue weighted by molar-refractivity contribution is -0.00730. The fourth-order valence-corrected chi connectivity index (χ4v) is 6.14. The summed E-state index contributed by atoms with van der Waals surface area (Å²) in [5.74, 6) is 1.21. The average Bonchev–Trinajstić information content (AvgIpc) is 3.32. The van der Waals surface area contributed by atoms with E-state index in [1.165, 1.54) is 4.57 Å². The highest BCUT2D eigenvalue weighted by Crippen LogP contribution is 2.43. The van der Waals surface area contributed by atoms with Gasteiger partial charge in [-0.3, -0.25) is 14.3 Å². The van der Waals surface area contributed by atoms with Gasteiger partial charge in [0.1, 0.15) is 0 Å². The number of nitrogens with zero attached hydrogens (tertiary/aromatic N) is 4. The van der Waals surface area contributed by atoms with E-state index in [0.717, 1.165) is 11.5 Å². The zero-order valence-corrected chi connectivity index (χ0v) is 19.6. The first-order valence-electron chi connectivity index (χ1n) is 10.2. The maximum absolute atomic E-state index is 12.5. The van der Waals surface area contributed by atoms with Crippen LogP contribution in [-0.4, -0.2) is 65.2 Å². The summed E-state index contributed by atoms with van der Waals surface area (Å²) in [6.07, 6.45) is 2.30. The van der Waals surface area contributed by atoms with Crippen LogP contribution in [-0.2, 0) is 16.0 Å². The van der Waals surface area contributed by atoms with E-state index in [4.69, 9.17) is 9.47 Å². The minimum atomic E-state index is -0.532. The number of thioether (sulfide) groups is 2. The first kappa shape index (κ1) is 23.6. The number of hydrogen-bond donors (Lipinski definition) is 1. The minimum absolute atomic E-state index is 0.00370. The molecule has 0 aromatic carbocycles. The fraction of sp³-hybridized carbons (Fsp3) is 0.632. The zero-order valence-electron chi connectivity index (χ0n) is 17.9. The Labute approximate surface area is 188 Å². The maximum atomic E-state index is 12.5. The third kappa shape index (κ3) is 5.24. The number of rotatable bonds is 9. The van der Waals surface area contributed by atoms with Crippen molar-refractivity contribution in [1.82, 2.24) is 24.5 Å². The lowest BCUT2D eigenvalue weighted by Gasteiger charge is -2.23. The van der Waals surface area contributed by atoms with Crippen molar-refractivity contribution in [2.75, 3.05) is 18.1 Å². The van der Waals surface area contributed by atoms with Gasteiger partial charge in [0.05, 0.1) is 30.7 Å². The predicted molar refractivity (Wildman–Crippen MR) is 120 cm³/mol. The summed E-state index contributed by atoms with van der Waals surface area (Å²) in [6.45, 7) is 8.16. The second-order valence-corrected chi connectivity index (χ2v) is 9.84. The predicted octanol–water partition coefficient (Wildman–Crippen LogP) is 1.45. The summed E-state index contributed by atoms with van der Waals surface area (Å²) in [6, 6.07) is 0. The van der Waals surface area contributed by atoms with E-state index in [2.05, 4.69) is 29.1 Å². The molecule has 1 N–H and O–H groups in total. The van der Waals surface area contributed by atoms with Gasteiger partial charge in [0.15, 0.2) is 11.9 Å². The number of carbonyl (C=O) groups excluding carboxylic acids is 1. The van der Waals surface area contributed by atoms with E-state index >= 15 is 0 Å². The number of ether oxygens (including phenoxy) is 2. The molecular weight excluding hydrogens is 442 g/mol. The first-order valence-corrected chi connectivity index (χ1v) is 12.3. The molecule has 0 radical (unpaired) electrons. The number of nitrogens with one attached hydrogen (secondary N) is 1. The first-order chi connectivity index (χ1) is 14.9. The van der Waals surface area contributed by atoms with Crippen molar-refractivity contribution in [3.05, 3.63) is 44.5 Å². The van der Waals surface area contributed by atoms with Crippen molar-refractivity contribution in [3.63, 3.8) is 0 Å². The monoisotopic (exact) mass is 469 g/mol. The molecule has 1 saturated heterocycles. The second-order valence-electron chi connectivity index (χ2n) is 6.93. The van der Waals surface area contributed by atoms with Gasteiger partial charge in [-0.05, 0) is 25.4 Å². The van der Waals surface area contributed by atoms with Crippen LogP contribution < -0.4 is 11.2 Å². The van der Waals surface area contributed by atoms with Crippen molar-refractivity contribution in [2.45, 2.75) is 57.1 Å². The molecule has 31 heavy (non-hydrogen) atoms. The summed E-state index contributed by atoms with van der Waals surface area (Å²) in [5.41, 5.74) is -0.303. The highest BCUT2D eigenvalue weighted by molar-refractivity contribution is 8.03. The molecule has 0 spiro atoms. The average molecular weight is 470 g/mol. The summed E-state index contributed by atoms with van der Waals surface area (Å²) in [5, 5.41) is 8.01. The topological polar surface area (TPSA) is 121 Å². The van der Waals surface area contributed by atoms with Gasteiger partial charge in [0.25, 0.3) is 5.56 Å². The molecule has 2 aromatic rings. The molecule has 0 unspecified atom stereocenters. The van der Waals surface area contributed by atoms with Crippen LogP contribution in [0.15, 0.2) is 22.0 Å². The number of H-pyrrole nitrogens is 1. The summed E-state index contributed by atoms with van der Waals surface area (Å²) in [4.78, 5) is 38.6. The van der Waals surface area contributed by atoms with Crippen LogP contribution in [0.4, 0.5) is 0 Å². The molecule has 4 atom stereocenters.